The number of anilines is 1. The zero-order valence-corrected chi connectivity index (χ0v) is 18.3. The third-order valence-electron chi connectivity index (χ3n) is 4.67. The Morgan fingerprint density at radius 3 is 2.07 bits per heavy atom. The number of hydrogen-bond acceptors (Lipinski definition) is 4. The summed E-state index contributed by atoms with van der Waals surface area (Å²) in [6.07, 6.45) is 1.64. The van der Waals surface area contributed by atoms with Gasteiger partial charge in [0.1, 0.15) is 0 Å². The molecule has 30 heavy (non-hydrogen) atoms. The van der Waals surface area contributed by atoms with Gasteiger partial charge in [-0.3, -0.25) is 9.59 Å². The molecule has 1 heterocycles. The van der Waals surface area contributed by atoms with Crippen molar-refractivity contribution in [1.29, 1.82) is 0 Å². The summed E-state index contributed by atoms with van der Waals surface area (Å²) in [7, 11) is 0. The van der Waals surface area contributed by atoms with Crippen molar-refractivity contribution in [3.05, 3.63) is 87.1 Å². The highest BCUT2D eigenvalue weighted by atomic mass is 32.1. The summed E-state index contributed by atoms with van der Waals surface area (Å²) < 4.78 is 0. The van der Waals surface area contributed by atoms with Gasteiger partial charge in [0.15, 0.2) is 0 Å². The zero-order chi connectivity index (χ0) is 21.7. The number of carbonyl (C=O) groups is 2. The number of aryl methyl sites for hydroxylation is 1. The Kier molecular flexibility index (Phi) is 6.47. The van der Waals surface area contributed by atoms with E-state index in [0.717, 1.165) is 10.4 Å². The van der Waals surface area contributed by atoms with E-state index in [0.29, 0.717) is 16.8 Å². The first kappa shape index (κ1) is 21.5. The van der Waals surface area contributed by atoms with Gasteiger partial charge >= 0.3 is 0 Å². The van der Waals surface area contributed by atoms with E-state index in [1.807, 2.05) is 42.6 Å². The molecule has 0 radical (unpaired) electrons. The number of amides is 2. The molecule has 0 unspecified atom stereocenters. The number of carbonyl (C=O) groups excluding carboxylic acids is 2. The van der Waals surface area contributed by atoms with E-state index in [9.17, 15) is 9.59 Å². The van der Waals surface area contributed by atoms with E-state index >= 15 is 0 Å². The van der Waals surface area contributed by atoms with E-state index in [1.54, 1.807) is 41.8 Å². The number of benzene rings is 2. The molecule has 2 amide bonds. The fourth-order valence-electron chi connectivity index (χ4n) is 2.76. The van der Waals surface area contributed by atoms with Gasteiger partial charge in [0.25, 0.3) is 11.8 Å². The summed E-state index contributed by atoms with van der Waals surface area (Å²) >= 11 is 1.56. The molecule has 3 rings (SSSR count). The number of nitrogens with one attached hydrogen (secondary N) is 2. The second-order valence-electron chi connectivity index (χ2n) is 8.03. The lowest BCUT2D eigenvalue weighted by Gasteiger charge is -2.19. The van der Waals surface area contributed by atoms with Crippen LogP contribution in [0.5, 0.6) is 0 Å². The van der Waals surface area contributed by atoms with Crippen LogP contribution < -0.4 is 10.7 Å². The quantitative estimate of drug-likeness (QED) is 0.431. The predicted molar refractivity (Wildman–Crippen MR) is 124 cm³/mol. The fourth-order valence-corrected chi connectivity index (χ4v) is 3.55. The molecule has 0 aliphatic carbocycles. The van der Waals surface area contributed by atoms with Crippen molar-refractivity contribution in [2.45, 2.75) is 33.1 Å². The summed E-state index contributed by atoms with van der Waals surface area (Å²) in [5.41, 5.74) is 6.51. The van der Waals surface area contributed by atoms with Gasteiger partial charge in [0.2, 0.25) is 0 Å². The lowest BCUT2D eigenvalue weighted by atomic mass is 9.87. The third-order valence-corrected chi connectivity index (χ3v) is 5.62. The van der Waals surface area contributed by atoms with Gasteiger partial charge in [0, 0.05) is 21.7 Å². The van der Waals surface area contributed by atoms with Crippen LogP contribution in [0.4, 0.5) is 5.69 Å². The van der Waals surface area contributed by atoms with Crippen molar-refractivity contribution in [2.24, 2.45) is 5.10 Å². The van der Waals surface area contributed by atoms with Crippen molar-refractivity contribution in [1.82, 2.24) is 5.43 Å². The molecule has 0 bridgehead atoms. The van der Waals surface area contributed by atoms with Gasteiger partial charge in [-0.2, -0.15) is 5.10 Å². The molecule has 0 spiro atoms. The van der Waals surface area contributed by atoms with E-state index in [1.165, 1.54) is 5.56 Å². The fraction of sp³-hybridized carbons (Fsp3) is 0.208. The second kappa shape index (κ2) is 9.05. The number of hydrazone groups is 1. The van der Waals surface area contributed by atoms with Crippen LogP contribution in [0.2, 0.25) is 0 Å². The predicted octanol–water partition coefficient (Wildman–Crippen LogP) is 5.37. The number of nitrogens with zero attached hydrogens (tertiary/aromatic N) is 1. The highest BCUT2D eigenvalue weighted by molar-refractivity contribution is 7.11. The Balaban J connectivity index is 1.58. The normalized spacial score (nSPS) is 11.5. The van der Waals surface area contributed by atoms with Crippen LogP contribution in [0.3, 0.4) is 0 Å². The standard InChI is InChI=1S/C24H25N3O2S/c1-16-13-14-30-21(16)15-25-27-23(29)18-7-11-20(12-8-18)26-22(28)17-5-9-19(10-6-17)24(2,3)4/h5-15H,1-4H3,(H,26,28)(H,27,29)/b25-15+. The molecule has 2 aromatic carbocycles. The first-order chi connectivity index (χ1) is 14.2. The Labute approximate surface area is 180 Å². The molecule has 1 aromatic heterocycles. The third kappa shape index (κ3) is 5.42. The average Bonchev–Trinajstić information content (AvgIpc) is 3.12. The molecule has 0 fully saturated rings. The molecule has 0 aliphatic heterocycles. The monoisotopic (exact) mass is 419 g/mol. The molecular formula is C24H25N3O2S. The summed E-state index contributed by atoms with van der Waals surface area (Å²) in [6.45, 7) is 8.39. The Hall–Kier alpha value is -3.25. The number of rotatable bonds is 5. The molecule has 3 aromatic rings. The SMILES string of the molecule is Cc1ccsc1/C=N/NC(=O)c1ccc(NC(=O)c2ccc(C(C)(C)C)cc2)cc1. The van der Waals surface area contributed by atoms with Crippen molar-refractivity contribution < 1.29 is 9.59 Å². The first-order valence-electron chi connectivity index (χ1n) is 9.63. The Morgan fingerprint density at radius 1 is 0.900 bits per heavy atom. The van der Waals surface area contributed by atoms with Crippen LogP contribution in [-0.4, -0.2) is 18.0 Å². The van der Waals surface area contributed by atoms with Gasteiger partial charge in [-0.05, 0) is 71.3 Å². The van der Waals surface area contributed by atoms with Gasteiger partial charge in [0.05, 0.1) is 6.21 Å². The van der Waals surface area contributed by atoms with Gasteiger partial charge in [-0.1, -0.05) is 32.9 Å². The molecule has 0 saturated heterocycles. The first-order valence-corrected chi connectivity index (χ1v) is 10.5. The maximum absolute atomic E-state index is 12.5. The van der Waals surface area contributed by atoms with E-state index in [4.69, 9.17) is 0 Å². The van der Waals surface area contributed by atoms with E-state index in [-0.39, 0.29) is 17.2 Å². The minimum Gasteiger partial charge on any atom is -0.322 e. The highest BCUT2D eigenvalue weighted by Gasteiger charge is 2.14. The highest BCUT2D eigenvalue weighted by Crippen LogP contribution is 2.22. The summed E-state index contributed by atoms with van der Waals surface area (Å²) in [5.74, 6) is -0.500. The summed E-state index contributed by atoms with van der Waals surface area (Å²) in [5, 5.41) is 8.83. The molecule has 0 aliphatic rings. The second-order valence-corrected chi connectivity index (χ2v) is 8.97. The molecule has 5 nitrogen and oxygen atoms in total. The maximum atomic E-state index is 12.5. The van der Waals surface area contributed by atoms with Crippen molar-refractivity contribution in [3.8, 4) is 0 Å². The zero-order valence-electron chi connectivity index (χ0n) is 17.5. The molecule has 0 atom stereocenters. The maximum Gasteiger partial charge on any atom is 0.271 e. The smallest absolute Gasteiger partial charge is 0.271 e. The summed E-state index contributed by atoms with van der Waals surface area (Å²) in [4.78, 5) is 25.7. The molecule has 0 saturated carbocycles. The van der Waals surface area contributed by atoms with Crippen LogP contribution >= 0.6 is 11.3 Å². The molecule has 6 heteroatoms. The van der Waals surface area contributed by atoms with E-state index in [2.05, 4.69) is 36.6 Å². The van der Waals surface area contributed by atoms with E-state index < -0.39 is 0 Å². The van der Waals surface area contributed by atoms with Crippen LogP contribution in [0.15, 0.2) is 65.1 Å². The average molecular weight is 420 g/mol. The minimum absolute atomic E-state index is 0.0397. The lowest BCUT2D eigenvalue weighted by Crippen LogP contribution is -2.18. The summed E-state index contributed by atoms with van der Waals surface area (Å²) in [6, 6.07) is 16.3. The Morgan fingerprint density at radius 2 is 1.50 bits per heavy atom. The topological polar surface area (TPSA) is 70.6 Å². The van der Waals surface area contributed by atoms with Crippen molar-refractivity contribution in [3.63, 3.8) is 0 Å². The Bertz CT molecular complexity index is 1060. The van der Waals surface area contributed by atoms with Crippen LogP contribution in [-0.2, 0) is 5.41 Å². The van der Waals surface area contributed by atoms with Crippen LogP contribution in [0.25, 0.3) is 0 Å². The van der Waals surface area contributed by atoms with Crippen LogP contribution in [0.1, 0.15) is 57.5 Å². The lowest BCUT2D eigenvalue weighted by molar-refractivity contribution is 0.0954. The largest absolute Gasteiger partial charge is 0.322 e. The van der Waals surface area contributed by atoms with Crippen LogP contribution in [0, 0.1) is 6.92 Å². The molecular weight excluding hydrogens is 394 g/mol. The van der Waals surface area contributed by atoms with Crippen molar-refractivity contribution >= 4 is 35.1 Å². The molecule has 2 N–H and O–H groups in total. The van der Waals surface area contributed by atoms with Gasteiger partial charge in [-0.15, -0.1) is 11.3 Å². The van der Waals surface area contributed by atoms with Gasteiger partial charge < -0.3 is 5.32 Å². The molecule has 154 valence electrons. The van der Waals surface area contributed by atoms with Gasteiger partial charge in [-0.25, -0.2) is 5.43 Å². The minimum atomic E-state index is -0.309. The number of hydrogen-bond donors (Lipinski definition) is 2. The number of thiophene rings is 1. The van der Waals surface area contributed by atoms with Crippen molar-refractivity contribution in [2.75, 3.05) is 5.32 Å².